The van der Waals surface area contributed by atoms with Crippen LogP contribution in [-0.4, -0.2) is 55.1 Å². The van der Waals surface area contributed by atoms with Gasteiger partial charge >= 0.3 is 5.97 Å². The van der Waals surface area contributed by atoms with Gasteiger partial charge in [0.2, 0.25) is 0 Å². The lowest BCUT2D eigenvalue weighted by Gasteiger charge is -2.19. The third-order valence-corrected chi connectivity index (χ3v) is 3.74. The van der Waals surface area contributed by atoms with Gasteiger partial charge in [0.1, 0.15) is 17.4 Å². The number of hydrogen-bond acceptors (Lipinski definition) is 4. The summed E-state index contributed by atoms with van der Waals surface area (Å²) in [7, 11) is 0. The van der Waals surface area contributed by atoms with Gasteiger partial charge in [0.05, 0.1) is 6.10 Å². The fourth-order valence-electron chi connectivity index (χ4n) is 2.67. The van der Waals surface area contributed by atoms with Crippen molar-refractivity contribution in [3.05, 3.63) is 35.8 Å². The van der Waals surface area contributed by atoms with Crippen molar-refractivity contribution in [2.24, 2.45) is 0 Å². The summed E-state index contributed by atoms with van der Waals surface area (Å²) in [6.07, 6.45) is 0.832. The predicted molar refractivity (Wildman–Crippen MR) is 73.0 cm³/mol. The van der Waals surface area contributed by atoms with Gasteiger partial charge in [0.25, 0.3) is 5.91 Å². The Morgan fingerprint density at radius 1 is 1.38 bits per heavy atom. The number of aliphatic hydroxyl groups excluding tert-OH is 1. The number of rotatable bonds is 2. The molecule has 7 nitrogen and oxygen atoms in total. The van der Waals surface area contributed by atoms with Crippen molar-refractivity contribution in [1.29, 1.82) is 0 Å². The Morgan fingerprint density at radius 2 is 2.14 bits per heavy atom. The maximum Gasteiger partial charge on any atom is 0.326 e. The summed E-state index contributed by atoms with van der Waals surface area (Å²) in [5.74, 6) is -1.58. The SMILES string of the molecule is Cc1cccc2nc(C(=O)N3C[C@@H](O)C[C@H]3C(=O)O)cn12. The van der Waals surface area contributed by atoms with Gasteiger partial charge in [-0.25, -0.2) is 9.78 Å². The number of amides is 1. The molecule has 21 heavy (non-hydrogen) atoms. The van der Waals surface area contributed by atoms with Crippen molar-refractivity contribution < 1.29 is 19.8 Å². The van der Waals surface area contributed by atoms with Crippen molar-refractivity contribution in [1.82, 2.24) is 14.3 Å². The van der Waals surface area contributed by atoms with Gasteiger partial charge in [-0.3, -0.25) is 4.79 Å². The number of carbonyl (C=O) groups is 2. The van der Waals surface area contributed by atoms with E-state index >= 15 is 0 Å². The molecule has 0 radical (unpaired) electrons. The number of hydrogen-bond donors (Lipinski definition) is 2. The third kappa shape index (κ3) is 2.25. The molecule has 2 aromatic rings. The largest absolute Gasteiger partial charge is 0.480 e. The lowest BCUT2D eigenvalue weighted by molar-refractivity contribution is -0.141. The molecule has 1 fully saturated rings. The molecule has 2 atom stereocenters. The number of carbonyl (C=O) groups excluding carboxylic acids is 1. The molecule has 7 heteroatoms. The molecule has 0 bridgehead atoms. The van der Waals surface area contributed by atoms with E-state index in [1.807, 2.05) is 19.1 Å². The van der Waals surface area contributed by atoms with E-state index in [9.17, 15) is 14.7 Å². The normalized spacial score (nSPS) is 21.9. The molecule has 3 heterocycles. The molecule has 0 aromatic carbocycles. The van der Waals surface area contributed by atoms with E-state index in [1.54, 1.807) is 16.7 Å². The molecule has 2 aromatic heterocycles. The van der Waals surface area contributed by atoms with Crippen molar-refractivity contribution in [3.63, 3.8) is 0 Å². The Balaban J connectivity index is 1.96. The molecule has 1 aliphatic rings. The highest BCUT2D eigenvalue weighted by molar-refractivity contribution is 5.96. The van der Waals surface area contributed by atoms with Crippen molar-refractivity contribution >= 4 is 17.5 Å². The highest BCUT2D eigenvalue weighted by Crippen LogP contribution is 2.21. The first-order valence-corrected chi connectivity index (χ1v) is 6.64. The molecule has 3 rings (SSSR count). The maximum atomic E-state index is 12.5. The molecule has 0 unspecified atom stereocenters. The van der Waals surface area contributed by atoms with Crippen molar-refractivity contribution in [2.45, 2.75) is 25.5 Å². The maximum absolute atomic E-state index is 12.5. The third-order valence-electron chi connectivity index (χ3n) is 3.74. The second-order valence-electron chi connectivity index (χ2n) is 5.22. The fraction of sp³-hybridized carbons (Fsp3) is 0.357. The fourth-order valence-corrected chi connectivity index (χ4v) is 2.67. The number of carboxylic acid groups (broad SMARTS) is 1. The average molecular weight is 289 g/mol. The van der Waals surface area contributed by atoms with Crippen LogP contribution in [0.3, 0.4) is 0 Å². The van der Waals surface area contributed by atoms with Gasteiger partial charge in [-0.2, -0.15) is 0 Å². The molecule has 1 aliphatic heterocycles. The number of carboxylic acids is 1. The molecule has 1 amide bonds. The van der Waals surface area contributed by atoms with E-state index in [4.69, 9.17) is 5.11 Å². The van der Waals surface area contributed by atoms with Crippen LogP contribution in [0, 0.1) is 6.92 Å². The van der Waals surface area contributed by atoms with Gasteiger partial charge in [0.15, 0.2) is 0 Å². The second kappa shape index (κ2) is 4.85. The van der Waals surface area contributed by atoms with Gasteiger partial charge in [0, 0.05) is 24.9 Å². The summed E-state index contributed by atoms with van der Waals surface area (Å²) >= 11 is 0. The molecule has 1 saturated heterocycles. The van der Waals surface area contributed by atoms with E-state index < -0.39 is 24.0 Å². The Labute approximate surface area is 120 Å². The molecule has 110 valence electrons. The number of aliphatic carboxylic acids is 1. The number of aryl methyl sites for hydroxylation is 1. The van der Waals surface area contributed by atoms with E-state index in [0.717, 1.165) is 5.69 Å². The van der Waals surface area contributed by atoms with Crippen LogP contribution >= 0.6 is 0 Å². The lowest BCUT2D eigenvalue weighted by Crippen LogP contribution is -2.40. The summed E-state index contributed by atoms with van der Waals surface area (Å²) in [6, 6.07) is 4.50. The Kier molecular flexibility index (Phi) is 3.13. The standard InChI is InChI=1S/C14H15N3O4/c1-8-3-2-4-12-15-10(7-16(8)12)13(19)17-6-9(18)5-11(17)14(20)21/h2-4,7,9,11,18H,5-6H2,1H3,(H,20,21)/t9-,11-/m0/s1. The molecule has 0 saturated carbocycles. The van der Waals surface area contributed by atoms with Gasteiger partial charge in [-0.05, 0) is 19.1 Å². The number of nitrogens with zero attached hydrogens (tertiary/aromatic N) is 3. The first-order chi connectivity index (χ1) is 9.97. The minimum absolute atomic E-state index is 0.0165. The average Bonchev–Trinajstić information content (AvgIpc) is 3.02. The number of likely N-dealkylation sites (tertiary alicyclic amines) is 1. The summed E-state index contributed by atoms with van der Waals surface area (Å²) in [5, 5.41) is 18.8. The second-order valence-corrected chi connectivity index (χ2v) is 5.22. The van der Waals surface area contributed by atoms with Crippen molar-refractivity contribution in [2.75, 3.05) is 6.54 Å². The van der Waals surface area contributed by atoms with Crippen LogP contribution in [0.25, 0.3) is 5.65 Å². The highest BCUT2D eigenvalue weighted by Gasteiger charge is 2.39. The van der Waals surface area contributed by atoms with Crippen LogP contribution < -0.4 is 0 Å². The zero-order valence-electron chi connectivity index (χ0n) is 11.4. The predicted octanol–water partition coefficient (Wildman–Crippen LogP) is 0.303. The molecule has 2 N–H and O–H groups in total. The Morgan fingerprint density at radius 3 is 2.81 bits per heavy atom. The topological polar surface area (TPSA) is 95.1 Å². The quantitative estimate of drug-likeness (QED) is 0.829. The van der Waals surface area contributed by atoms with Crippen molar-refractivity contribution in [3.8, 4) is 0 Å². The summed E-state index contributed by atoms with van der Waals surface area (Å²) < 4.78 is 1.77. The minimum Gasteiger partial charge on any atom is -0.480 e. The molecular weight excluding hydrogens is 274 g/mol. The van der Waals surface area contributed by atoms with Crippen LogP contribution in [0.2, 0.25) is 0 Å². The minimum atomic E-state index is -1.11. The molecule has 0 aliphatic carbocycles. The zero-order valence-corrected chi connectivity index (χ0v) is 11.4. The summed E-state index contributed by atoms with van der Waals surface area (Å²) in [4.78, 5) is 29.1. The van der Waals surface area contributed by atoms with E-state index in [2.05, 4.69) is 4.98 Å². The van der Waals surface area contributed by atoms with Crippen LogP contribution in [-0.2, 0) is 4.79 Å². The number of aliphatic hydroxyl groups is 1. The zero-order chi connectivity index (χ0) is 15.1. The van der Waals surface area contributed by atoms with Crippen LogP contribution in [0.1, 0.15) is 22.6 Å². The van der Waals surface area contributed by atoms with E-state index in [0.29, 0.717) is 5.65 Å². The lowest BCUT2D eigenvalue weighted by atomic mass is 10.2. The van der Waals surface area contributed by atoms with Crippen LogP contribution in [0.15, 0.2) is 24.4 Å². The monoisotopic (exact) mass is 289 g/mol. The van der Waals surface area contributed by atoms with Gasteiger partial charge in [-0.1, -0.05) is 6.07 Å². The van der Waals surface area contributed by atoms with E-state index in [-0.39, 0.29) is 18.7 Å². The van der Waals surface area contributed by atoms with Crippen LogP contribution in [0.4, 0.5) is 0 Å². The Bertz CT molecular complexity index is 724. The van der Waals surface area contributed by atoms with Gasteiger partial charge in [-0.15, -0.1) is 0 Å². The number of aromatic nitrogens is 2. The molecule has 0 spiro atoms. The van der Waals surface area contributed by atoms with Crippen LogP contribution in [0.5, 0.6) is 0 Å². The smallest absolute Gasteiger partial charge is 0.326 e. The number of pyridine rings is 1. The number of fused-ring (bicyclic) bond motifs is 1. The summed E-state index contributed by atoms with van der Waals surface area (Å²) in [6.45, 7) is 1.91. The number of β-amino-alcohol motifs (C(OH)–C–C–N with tert-alkyl or cyclic N) is 1. The number of imidazole rings is 1. The van der Waals surface area contributed by atoms with E-state index in [1.165, 1.54) is 4.90 Å². The molecular formula is C14H15N3O4. The Hall–Kier alpha value is -2.41. The summed E-state index contributed by atoms with van der Waals surface area (Å²) in [5.41, 5.74) is 1.74. The first kappa shape index (κ1) is 13.6. The van der Waals surface area contributed by atoms with Gasteiger partial charge < -0.3 is 19.5 Å². The first-order valence-electron chi connectivity index (χ1n) is 6.64. The highest BCUT2D eigenvalue weighted by atomic mass is 16.4.